The summed E-state index contributed by atoms with van der Waals surface area (Å²) in [5.74, 6) is 0. The van der Waals surface area contributed by atoms with Crippen molar-refractivity contribution >= 4 is 54.0 Å². The molecule has 1 nitrogen and oxygen atoms in total. The molecule has 0 fully saturated rings. The van der Waals surface area contributed by atoms with Gasteiger partial charge in [0.25, 0.3) is 0 Å². The molecule has 0 atom stereocenters. The third-order valence-corrected chi connectivity index (χ3v) is 6.67. The second kappa shape index (κ2) is 6.63. The Morgan fingerprint density at radius 3 is 1.69 bits per heavy atom. The van der Waals surface area contributed by atoms with Crippen LogP contribution in [-0.2, 0) is 0 Å². The van der Waals surface area contributed by atoms with Crippen LogP contribution in [0.4, 0.5) is 0 Å². The molecule has 0 saturated heterocycles. The lowest BCUT2D eigenvalue weighted by Crippen LogP contribution is -1.88. The normalized spacial score (nSPS) is 11.8. The molecule has 7 rings (SSSR count). The number of nitrogens with zero attached hydrogens (tertiary/aromatic N) is 1. The molecule has 0 N–H and O–H groups in total. The van der Waals surface area contributed by atoms with Crippen LogP contribution in [0.3, 0.4) is 0 Å². The highest BCUT2D eigenvalue weighted by molar-refractivity contribution is 6.26. The summed E-state index contributed by atoms with van der Waals surface area (Å²) in [4.78, 5) is 4.75. The van der Waals surface area contributed by atoms with Crippen LogP contribution in [0.15, 0.2) is 115 Å². The van der Waals surface area contributed by atoms with E-state index in [1.165, 1.54) is 59.6 Å². The molecular formula is C31H19N. The molecule has 0 radical (unpaired) electrons. The van der Waals surface area contributed by atoms with Crippen LogP contribution in [-0.4, -0.2) is 4.98 Å². The highest BCUT2D eigenvalue weighted by Gasteiger charge is 2.12. The van der Waals surface area contributed by atoms with Gasteiger partial charge in [-0.3, -0.25) is 4.98 Å². The Kier molecular flexibility index (Phi) is 3.62. The fourth-order valence-electron chi connectivity index (χ4n) is 5.22. The molecule has 0 aliphatic carbocycles. The van der Waals surface area contributed by atoms with Crippen LogP contribution < -0.4 is 0 Å². The second-order valence-electron chi connectivity index (χ2n) is 8.40. The van der Waals surface area contributed by atoms with Gasteiger partial charge >= 0.3 is 0 Å². The molecule has 0 spiro atoms. The van der Waals surface area contributed by atoms with Crippen molar-refractivity contribution < 1.29 is 0 Å². The van der Waals surface area contributed by atoms with Crippen LogP contribution in [0.25, 0.3) is 65.1 Å². The minimum Gasteiger partial charge on any atom is -0.256 e. The summed E-state index contributed by atoms with van der Waals surface area (Å²) in [6.07, 6.45) is 1.89. The third-order valence-electron chi connectivity index (χ3n) is 6.67. The number of rotatable bonds is 1. The Labute approximate surface area is 185 Å². The molecule has 0 saturated carbocycles. The van der Waals surface area contributed by atoms with Crippen molar-refractivity contribution in [2.24, 2.45) is 0 Å². The molecule has 1 heterocycles. The molecule has 0 aliphatic rings. The van der Waals surface area contributed by atoms with Gasteiger partial charge in [-0.2, -0.15) is 0 Å². The van der Waals surface area contributed by atoms with Crippen LogP contribution in [0.1, 0.15) is 0 Å². The fourth-order valence-corrected chi connectivity index (χ4v) is 5.22. The summed E-state index contributed by atoms with van der Waals surface area (Å²) in [7, 11) is 0. The highest BCUT2D eigenvalue weighted by atomic mass is 14.6. The van der Waals surface area contributed by atoms with Gasteiger partial charge in [0, 0.05) is 17.0 Å². The zero-order valence-electron chi connectivity index (χ0n) is 17.4. The summed E-state index contributed by atoms with van der Waals surface area (Å²) in [5.41, 5.74) is 3.51. The zero-order valence-corrected chi connectivity index (χ0v) is 17.4. The van der Waals surface area contributed by atoms with E-state index < -0.39 is 0 Å². The number of hydrogen-bond donors (Lipinski definition) is 0. The Hall–Kier alpha value is -4.23. The Morgan fingerprint density at radius 2 is 0.969 bits per heavy atom. The maximum Gasteiger partial charge on any atom is 0.0786 e. The lowest BCUT2D eigenvalue weighted by molar-refractivity contribution is 1.43. The number of pyridine rings is 1. The van der Waals surface area contributed by atoms with Crippen molar-refractivity contribution in [2.45, 2.75) is 0 Å². The molecular weight excluding hydrogens is 386 g/mol. The molecule has 6 aromatic carbocycles. The molecule has 0 amide bonds. The molecule has 0 aliphatic heterocycles. The van der Waals surface area contributed by atoms with Gasteiger partial charge in [0.1, 0.15) is 0 Å². The van der Waals surface area contributed by atoms with E-state index in [2.05, 4.69) is 103 Å². The Balaban J connectivity index is 1.63. The highest BCUT2D eigenvalue weighted by Crippen LogP contribution is 2.39. The van der Waals surface area contributed by atoms with E-state index in [1.807, 2.05) is 12.3 Å². The molecule has 7 aromatic rings. The summed E-state index contributed by atoms with van der Waals surface area (Å²) in [6, 6.07) is 39.4. The maximum absolute atomic E-state index is 4.75. The van der Waals surface area contributed by atoms with E-state index in [0.717, 1.165) is 5.52 Å². The van der Waals surface area contributed by atoms with Crippen molar-refractivity contribution in [1.82, 2.24) is 4.98 Å². The van der Waals surface area contributed by atoms with E-state index in [0.29, 0.717) is 0 Å². The van der Waals surface area contributed by atoms with Crippen molar-refractivity contribution in [3.8, 4) is 11.1 Å². The third kappa shape index (κ3) is 2.42. The van der Waals surface area contributed by atoms with E-state index in [1.54, 1.807) is 0 Å². The second-order valence-corrected chi connectivity index (χ2v) is 8.40. The van der Waals surface area contributed by atoms with E-state index >= 15 is 0 Å². The van der Waals surface area contributed by atoms with Crippen LogP contribution in [0.5, 0.6) is 0 Å². The SMILES string of the molecule is c1ccc2c(c1)cc(-c1ccc3c4ccccc4c4ccccc4c3c1)c1cccnc12. The first kappa shape index (κ1) is 17.5. The first-order valence-corrected chi connectivity index (χ1v) is 11.0. The van der Waals surface area contributed by atoms with E-state index in [-0.39, 0.29) is 0 Å². The van der Waals surface area contributed by atoms with Crippen molar-refractivity contribution in [3.63, 3.8) is 0 Å². The van der Waals surface area contributed by atoms with Gasteiger partial charge in [-0.25, -0.2) is 0 Å². The monoisotopic (exact) mass is 405 g/mol. The Morgan fingerprint density at radius 1 is 0.406 bits per heavy atom. The van der Waals surface area contributed by atoms with Crippen molar-refractivity contribution in [2.75, 3.05) is 0 Å². The van der Waals surface area contributed by atoms with Crippen LogP contribution >= 0.6 is 0 Å². The molecule has 0 unspecified atom stereocenters. The summed E-state index contributed by atoms with van der Waals surface area (Å²) in [6.45, 7) is 0. The van der Waals surface area contributed by atoms with Crippen LogP contribution in [0, 0.1) is 0 Å². The average Bonchev–Trinajstić information content (AvgIpc) is 2.88. The summed E-state index contributed by atoms with van der Waals surface area (Å²) in [5, 5.41) is 11.4. The summed E-state index contributed by atoms with van der Waals surface area (Å²) >= 11 is 0. The average molecular weight is 406 g/mol. The smallest absolute Gasteiger partial charge is 0.0786 e. The quantitative estimate of drug-likeness (QED) is 0.249. The lowest BCUT2D eigenvalue weighted by Gasteiger charge is -2.14. The fraction of sp³-hybridized carbons (Fsp3) is 0. The molecule has 148 valence electrons. The number of hydrogen-bond acceptors (Lipinski definition) is 1. The van der Waals surface area contributed by atoms with Gasteiger partial charge in [0.15, 0.2) is 0 Å². The van der Waals surface area contributed by atoms with Gasteiger partial charge in [-0.1, -0.05) is 91.0 Å². The summed E-state index contributed by atoms with van der Waals surface area (Å²) < 4.78 is 0. The molecule has 32 heavy (non-hydrogen) atoms. The lowest BCUT2D eigenvalue weighted by atomic mass is 9.90. The van der Waals surface area contributed by atoms with Gasteiger partial charge in [0.05, 0.1) is 5.52 Å². The number of fused-ring (bicyclic) bond motifs is 9. The van der Waals surface area contributed by atoms with Crippen molar-refractivity contribution in [3.05, 3.63) is 115 Å². The number of aromatic nitrogens is 1. The number of benzene rings is 6. The van der Waals surface area contributed by atoms with Crippen molar-refractivity contribution in [1.29, 1.82) is 0 Å². The zero-order chi connectivity index (χ0) is 21.1. The van der Waals surface area contributed by atoms with Gasteiger partial charge in [-0.05, 0) is 67.0 Å². The van der Waals surface area contributed by atoms with Gasteiger partial charge in [-0.15, -0.1) is 0 Å². The van der Waals surface area contributed by atoms with E-state index in [9.17, 15) is 0 Å². The maximum atomic E-state index is 4.75. The van der Waals surface area contributed by atoms with E-state index in [4.69, 9.17) is 4.98 Å². The van der Waals surface area contributed by atoms with Gasteiger partial charge in [0.2, 0.25) is 0 Å². The molecule has 1 aromatic heterocycles. The minimum absolute atomic E-state index is 1.06. The first-order valence-electron chi connectivity index (χ1n) is 11.0. The molecule has 1 heteroatoms. The molecule has 0 bridgehead atoms. The minimum atomic E-state index is 1.06. The van der Waals surface area contributed by atoms with Crippen LogP contribution in [0.2, 0.25) is 0 Å². The topological polar surface area (TPSA) is 12.9 Å². The standard InChI is InChI=1S/C31H19N/c1-2-9-22-20(8-1)18-29(28-14-7-17-32-31(22)28)21-15-16-27-25-12-4-3-10-23(25)24-11-5-6-13-26(24)30(27)19-21/h1-19H. The predicted molar refractivity (Wildman–Crippen MR) is 137 cm³/mol. The Bertz CT molecular complexity index is 1790. The first-order chi connectivity index (χ1) is 15.9. The van der Waals surface area contributed by atoms with Gasteiger partial charge < -0.3 is 0 Å². The largest absolute Gasteiger partial charge is 0.256 e. The predicted octanol–water partition coefficient (Wildman–Crippen LogP) is 8.51.